The third-order valence-electron chi connectivity index (χ3n) is 2.26. The van der Waals surface area contributed by atoms with Crippen LogP contribution in [0.25, 0.3) is 0 Å². The number of nitrogens with zero attached hydrogens (tertiary/aromatic N) is 1. The SMILES string of the molecule is C=C(C)COCCNS(=O)(=O)c1ccc(F)c(C#N)c1. The first kappa shape index (κ1) is 16.3. The van der Waals surface area contributed by atoms with Crippen molar-refractivity contribution in [3.8, 4) is 6.07 Å². The van der Waals surface area contributed by atoms with Gasteiger partial charge in [-0.3, -0.25) is 0 Å². The van der Waals surface area contributed by atoms with E-state index in [4.69, 9.17) is 10.00 Å². The molecule has 0 spiro atoms. The van der Waals surface area contributed by atoms with Gasteiger partial charge in [0.15, 0.2) is 0 Å². The van der Waals surface area contributed by atoms with Gasteiger partial charge in [-0.25, -0.2) is 17.5 Å². The zero-order valence-electron chi connectivity index (χ0n) is 11.0. The molecule has 0 aliphatic carbocycles. The first-order valence-corrected chi connectivity index (χ1v) is 7.26. The highest BCUT2D eigenvalue weighted by atomic mass is 32.2. The molecule has 1 aromatic rings. The van der Waals surface area contributed by atoms with Crippen LogP contribution in [-0.2, 0) is 14.8 Å². The van der Waals surface area contributed by atoms with E-state index in [1.807, 2.05) is 0 Å². The predicted octanol–water partition coefficient (Wildman–Crippen LogP) is 1.57. The van der Waals surface area contributed by atoms with E-state index >= 15 is 0 Å². The predicted molar refractivity (Wildman–Crippen MR) is 71.9 cm³/mol. The van der Waals surface area contributed by atoms with Crippen LogP contribution >= 0.6 is 0 Å². The summed E-state index contributed by atoms with van der Waals surface area (Å²) >= 11 is 0. The highest BCUT2D eigenvalue weighted by molar-refractivity contribution is 7.89. The Bertz CT molecular complexity index is 636. The fraction of sp³-hybridized carbons (Fsp3) is 0.308. The minimum atomic E-state index is -3.78. The van der Waals surface area contributed by atoms with E-state index in [-0.39, 0.29) is 23.6 Å². The van der Waals surface area contributed by atoms with E-state index in [1.165, 1.54) is 0 Å². The molecule has 0 aliphatic heterocycles. The van der Waals surface area contributed by atoms with Crippen LogP contribution < -0.4 is 4.72 Å². The molecule has 0 saturated carbocycles. The molecule has 0 aromatic heterocycles. The summed E-state index contributed by atoms with van der Waals surface area (Å²) in [6.07, 6.45) is 0. The molecular formula is C13H15FN2O3S. The molecule has 0 saturated heterocycles. The Morgan fingerprint density at radius 2 is 2.25 bits per heavy atom. The molecule has 0 heterocycles. The number of nitrogens with one attached hydrogen (secondary N) is 1. The van der Waals surface area contributed by atoms with Crippen LogP contribution in [0, 0.1) is 17.1 Å². The molecule has 0 aliphatic rings. The number of hydrogen-bond acceptors (Lipinski definition) is 4. The number of ether oxygens (including phenoxy) is 1. The first-order chi connectivity index (χ1) is 9.36. The second kappa shape index (κ2) is 7.14. The second-order valence-corrected chi connectivity index (χ2v) is 5.93. The standard InChI is InChI=1S/C13H15FN2O3S/c1-10(2)9-19-6-5-16-20(17,18)12-3-4-13(14)11(7-12)8-15/h3-4,7,16H,1,5-6,9H2,2H3. The van der Waals surface area contributed by atoms with Gasteiger partial charge in [-0.2, -0.15) is 5.26 Å². The first-order valence-electron chi connectivity index (χ1n) is 5.78. The zero-order chi connectivity index (χ0) is 15.2. The van der Waals surface area contributed by atoms with E-state index in [1.54, 1.807) is 13.0 Å². The minimum Gasteiger partial charge on any atom is -0.376 e. The van der Waals surface area contributed by atoms with Gasteiger partial charge in [0, 0.05) is 6.54 Å². The summed E-state index contributed by atoms with van der Waals surface area (Å²) in [7, 11) is -3.78. The van der Waals surface area contributed by atoms with E-state index in [0.717, 1.165) is 23.8 Å². The Hall–Kier alpha value is -1.75. The van der Waals surface area contributed by atoms with Crippen molar-refractivity contribution < 1.29 is 17.5 Å². The quantitative estimate of drug-likeness (QED) is 0.612. The lowest BCUT2D eigenvalue weighted by Gasteiger charge is -2.08. The lowest BCUT2D eigenvalue weighted by Crippen LogP contribution is -2.27. The van der Waals surface area contributed by atoms with Crippen LogP contribution in [-0.4, -0.2) is 28.2 Å². The summed E-state index contributed by atoms with van der Waals surface area (Å²) in [4.78, 5) is -0.157. The molecule has 0 atom stereocenters. The number of sulfonamides is 1. The zero-order valence-corrected chi connectivity index (χ0v) is 11.8. The van der Waals surface area contributed by atoms with Gasteiger partial charge in [0.05, 0.1) is 23.7 Å². The molecule has 0 amide bonds. The number of halogens is 1. The highest BCUT2D eigenvalue weighted by Gasteiger charge is 2.15. The second-order valence-electron chi connectivity index (χ2n) is 4.16. The average molecular weight is 298 g/mol. The maximum Gasteiger partial charge on any atom is 0.240 e. The molecule has 0 unspecified atom stereocenters. The fourth-order valence-electron chi connectivity index (χ4n) is 1.34. The van der Waals surface area contributed by atoms with E-state index < -0.39 is 15.8 Å². The van der Waals surface area contributed by atoms with Gasteiger partial charge in [-0.05, 0) is 25.1 Å². The van der Waals surface area contributed by atoms with Crippen LogP contribution in [0.1, 0.15) is 12.5 Å². The van der Waals surface area contributed by atoms with Gasteiger partial charge < -0.3 is 4.74 Å². The molecular weight excluding hydrogens is 283 g/mol. The molecule has 1 rings (SSSR count). The topological polar surface area (TPSA) is 79.2 Å². The molecule has 0 fully saturated rings. The summed E-state index contributed by atoms with van der Waals surface area (Å²) in [6, 6.07) is 4.64. The van der Waals surface area contributed by atoms with Gasteiger partial charge in [0.25, 0.3) is 0 Å². The Morgan fingerprint density at radius 3 is 2.85 bits per heavy atom. The molecule has 5 nitrogen and oxygen atoms in total. The summed E-state index contributed by atoms with van der Waals surface area (Å²) in [5, 5.41) is 8.67. The van der Waals surface area contributed by atoms with Crippen LogP contribution in [0.4, 0.5) is 4.39 Å². The molecule has 7 heteroatoms. The Morgan fingerprint density at radius 1 is 1.55 bits per heavy atom. The van der Waals surface area contributed by atoms with Crippen molar-refractivity contribution in [3.63, 3.8) is 0 Å². The summed E-state index contributed by atoms with van der Waals surface area (Å²) in [6.45, 7) is 6.07. The van der Waals surface area contributed by atoms with Crippen molar-refractivity contribution in [2.75, 3.05) is 19.8 Å². The van der Waals surface area contributed by atoms with Crippen LogP contribution in [0.3, 0.4) is 0 Å². The monoisotopic (exact) mass is 298 g/mol. The molecule has 108 valence electrons. The lowest BCUT2D eigenvalue weighted by molar-refractivity contribution is 0.162. The molecule has 0 radical (unpaired) electrons. The molecule has 20 heavy (non-hydrogen) atoms. The average Bonchev–Trinajstić information content (AvgIpc) is 2.38. The van der Waals surface area contributed by atoms with Crippen molar-refractivity contribution in [1.82, 2.24) is 4.72 Å². The van der Waals surface area contributed by atoms with Crippen molar-refractivity contribution in [2.45, 2.75) is 11.8 Å². The van der Waals surface area contributed by atoms with Crippen molar-refractivity contribution in [2.24, 2.45) is 0 Å². The van der Waals surface area contributed by atoms with Gasteiger partial charge in [0.2, 0.25) is 10.0 Å². The van der Waals surface area contributed by atoms with Crippen LogP contribution in [0.2, 0.25) is 0 Å². The largest absolute Gasteiger partial charge is 0.376 e. The third-order valence-corrected chi connectivity index (χ3v) is 3.71. The smallest absolute Gasteiger partial charge is 0.240 e. The number of hydrogen-bond donors (Lipinski definition) is 1. The summed E-state index contributed by atoms with van der Waals surface area (Å²) in [5.41, 5.74) is 0.525. The number of rotatable bonds is 7. The Labute approximate surface area is 117 Å². The fourth-order valence-corrected chi connectivity index (χ4v) is 2.37. The maximum absolute atomic E-state index is 13.1. The van der Waals surface area contributed by atoms with Crippen molar-refractivity contribution in [3.05, 3.63) is 41.7 Å². The Balaban J connectivity index is 2.65. The van der Waals surface area contributed by atoms with Gasteiger partial charge in [0.1, 0.15) is 11.9 Å². The van der Waals surface area contributed by atoms with Gasteiger partial charge in [-0.15, -0.1) is 0 Å². The normalized spacial score (nSPS) is 11.1. The maximum atomic E-state index is 13.1. The molecule has 1 N–H and O–H groups in total. The Kier molecular flexibility index (Phi) is 5.82. The van der Waals surface area contributed by atoms with Crippen LogP contribution in [0.15, 0.2) is 35.2 Å². The van der Waals surface area contributed by atoms with E-state index in [2.05, 4.69) is 11.3 Å². The summed E-state index contributed by atoms with van der Waals surface area (Å²) in [5.74, 6) is -0.753. The van der Waals surface area contributed by atoms with Crippen LogP contribution in [0.5, 0.6) is 0 Å². The van der Waals surface area contributed by atoms with Crippen molar-refractivity contribution in [1.29, 1.82) is 5.26 Å². The molecule has 0 bridgehead atoms. The van der Waals surface area contributed by atoms with Gasteiger partial charge >= 0.3 is 0 Å². The molecule has 1 aromatic carbocycles. The van der Waals surface area contributed by atoms with Gasteiger partial charge in [-0.1, -0.05) is 12.2 Å². The lowest BCUT2D eigenvalue weighted by atomic mass is 10.2. The minimum absolute atomic E-state index is 0.0783. The summed E-state index contributed by atoms with van der Waals surface area (Å²) < 4.78 is 44.4. The number of benzene rings is 1. The highest BCUT2D eigenvalue weighted by Crippen LogP contribution is 2.14. The van der Waals surface area contributed by atoms with E-state index in [9.17, 15) is 12.8 Å². The third kappa shape index (κ3) is 4.74. The number of nitriles is 1. The van der Waals surface area contributed by atoms with E-state index in [0.29, 0.717) is 6.61 Å². The van der Waals surface area contributed by atoms with Crippen molar-refractivity contribution >= 4 is 10.0 Å².